The molecule has 13 heavy (non-hydrogen) atoms. The minimum atomic E-state index is 1.04. The first-order valence-corrected chi connectivity index (χ1v) is 4.04. The molecule has 0 aliphatic heterocycles. The maximum Gasteiger partial charge on any atom is 0.106 e. The molecule has 0 bridgehead atoms. The van der Waals surface area contributed by atoms with E-state index in [1.807, 2.05) is 30.5 Å². The number of benzene rings is 1. The van der Waals surface area contributed by atoms with E-state index in [0.29, 0.717) is 0 Å². The van der Waals surface area contributed by atoms with Gasteiger partial charge >= 0.3 is 0 Å². The van der Waals surface area contributed by atoms with E-state index in [-0.39, 0.29) is 0 Å². The highest BCUT2D eigenvalue weighted by Gasteiger charge is 1.94. The van der Waals surface area contributed by atoms with E-state index in [2.05, 4.69) is 15.0 Å². The van der Waals surface area contributed by atoms with Crippen LogP contribution in [-0.2, 0) is 4.84 Å². The van der Waals surface area contributed by atoms with Crippen molar-refractivity contribution in [1.29, 1.82) is 0 Å². The van der Waals surface area contributed by atoms with Crippen LogP contribution in [0, 0.1) is 0 Å². The van der Waals surface area contributed by atoms with Crippen molar-refractivity contribution >= 4 is 17.1 Å². The Labute approximate surface area is 76.0 Å². The summed E-state index contributed by atoms with van der Waals surface area (Å²) in [5.41, 5.74) is 2.17. The smallest absolute Gasteiger partial charge is 0.106 e. The van der Waals surface area contributed by atoms with Crippen LogP contribution in [0.1, 0.15) is 5.56 Å². The molecule has 0 unspecified atom stereocenters. The lowest BCUT2D eigenvalue weighted by Crippen LogP contribution is -1.80. The molecule has 0 spiro atoms. The van der Waals surface area contributed by atoms with Crippen molar-refractivity contribution < 1.29 is 4.84 Å². The maximum absolute atomic E-state index is 4.60. The molecule has 0 amide bonds. The number of aromatic nitrogens is 1. The molecule has 0 radical (unpaired) electrons. The maximum atomic E-state index is 4.60. The number of nitrogens with one attached hydrogen (secondary N) is 1. The first-order valence-electron chi connectivity index (χ1n) is 4.04. The van der Waals surface area contributed by atoms with Crippen LogP contribution in [0.2, 0.25) is 0 Å². The minimum Gasteiger partial charge on any atom is -0.399 e. The third-order valence-electron chi connectivity index (χ3n) is 1.88. The zero-order chi connectivity index (χ0) is 9.10. The lowest BCUT2D eigenvalue weighted by molar-refractivity contribution is 0.215. The molecule has 1 aromatic heterocycles. The minimum absolute atomic E-state index is 1.04. The summed E-state index contributed by atoms with van der Waals surface area (Å²) in [6, 6.07) is 8.08. The van der Waals surface area contributed by atoms with Crippen LogP contribution in [0.15, 0.2) is 35.6 Å². The highest BCUT2D eigenvalue weighted by Crippen LogP contribution is 2.12. The van der Waals surface area contributed by atoms with Crippen LogP contribution < -0.4 is 0 Å². The molecule has 0 saturated carbocycles. The largest absolute Gasteiger partial charge is 0.399 e. The summed E-state index contributed by atoms with van der Waals surface area (Å²) in [5, 5.41) is 4.88. The van der Waals surface area contributed by atoms with Crippen molar-refractivity contribution in [3.8, 4) is 0 Å². The zero-order valence-corrected chi connectivity index (χ0v) is 7.32. The molecule has 1 heterocycles. The number of hydrogen-bond donors (Lipinski definition) is 1. The van der Waals surface area contributed by atoms with Gasteiger partial charge in [-0.1, -0.05) is 11.2 Å². The normalized spacial score (nSPS) is 11.2. The van der Waals surface area contributed by atoms with Gasteiger partial charge in [0.05, 0.1) is 6.21 Å². The van der Waals surface area contributed by atoms with Crippen LogP contribution in [0.5, 0.6) is 0 Å². The predicted molar refractivity (Wildman–Crippen MR) is 52.9 cm³/mol. The van der Waals surface area contributed by atoms with Gasteiger partial charge in [-0.2, -0.15) is 0 Å². The van der Waals surface area contributed by atoms with Gasteiger partial charge in [0, 0.05) is 11.7 Å². The Bertz CT molecular complexity index is 431. The van der Waals surface area contributed by atoms with Crippen LogP contribution in [0.25, 0.3) is 10.9 Å². The van der Waals surface area contributed by atoms with Crippen LogP contribution in [-0.4, -0.2) is 18.3 Å². The third kappa shape index (κ3) is 1.54. The predicted octanol–water partition coefficient (Wildman–Crippen LogP) is 2.15. The average molecular weight is 174 g/mol. The summed E-state index contributed by atoms with van der Waals surface area (Å²) < 4.78 is 0. The van der Waals surface area contributed by atoms with Gasteiger partial charge in [0.15, 0.2) is 0 Å². The molecule has 0 aliphatic carbocycles. The van der Waals surface area contributed by atoms with Crippen molar-refractivity contribution in [1.82, 2.24) is 4.98 Å². The zero-order valence-electron chi connectivity index (χ0n) is 7.32. The van der Waals surface area contributed by atoms with Gasteiger partial charge in [-0.3, -0.25) is 0 Å². The molecular weight excluding hydrogens is 164 g/mol. The topological polar surface area (TPSA) is 37.4 Å². The van der Waals surface area contributed by atoms with E-state index in [9.17, 15) is 0 Å². The molecule has 1 aromatic carbocycles. The van der Waals surface area contributed by atoms with Crippen LogP contribution in [0.4, 0.5) is 0 Å². The number of hydrogen-bond acceptors (Lipinski definition) is 2. The van der Waals surface area contributed by atoms with E-state index < -0.39 is 0 Å². The Kier molecular flexibility index (Phi) is 2.00. The fraction of sp³-hybridized carbons (Fsp3) is 0.100. The second-order valence-electron chi connectivity index (χ2n) is 2.74. The number of rotatable bonds is 2. The van der Waals surface area contributed by atoms with Crippen molar-refractivity contribution in [3.05, 3.63) is 36.0 Å². The van der Waals surface area contributed by atoms with Crippen molar-refractivity contribution in [2.24, 2.45) is 5.16 Å². The van der Waals surface area contributed by atoms with Crippen molar-refractivity contribution in [3.63, 3.8) is 0 Å². The van der Waals surface area contributed by atoms with Gasteiger partial charge in [0.25, 0.3) is 0 Å². The van der Waals surface area contributed by atoms with Gasteiger partial charge in [-0.25, -0.2) is 0 Å². The molecule has 3 heteroatoms. The molecule has 0 aliphatic rings. The second kappa shape index (κ2) is 3.31. The monoisotopic (exact) mass is 174 g/mol. The first-order chi connectivity index (χ1) is 6.40. The Morgan fingerprint density at radius 2 is 2.31 bits per heavy atom. The Hall–Kier alpha value is -1.77. The molecule has 1 N–H and O–H groups in total. The number of H-pyrrole nitrogens is 1. The standard InChI is InChI=1S/C10H10N2O/c1-13-12-7-8-2-3-10-9(6-8)4-5-11-10/h2-7,11H,1H3. The SMILES string of the molecule is CON=Cc1ccc2[nH]ccc2c1. The number of nitrogens with zero attached hydrogens (tertiary/aromatic N) is 1. The second-order valence-corrected chi connectivity index (χ2v) is 2.74. The first kappa shape index (κ1) is 7.86. The van der Waals surface area contributed by atoms with E-state index in [1.54, 1.807) is 6.21 Å². The summed E-state index contributed by atoms with van der Waals surface area (Å²) >= 11 is 0. The van der Waals surface area contributed by atoms with Gasteiger partial charge in [-0.15, -0.1) is 0 Å². The van der Waals surface area contributed by atoms with Gasteiger partial charge in [-0.05, 0) is 29.1 Å². The van der Waals surface area contributed by atoms with Crippen LogP contribution >= 0.6 is 0 Å². The van der Waals surface area contributed by atoms with Crippen molar-refractivity contribution in [2.45, 2.75) is 0 Å². The van der Waals surface area contributed by atoms with Gasteiger partial charge in [0.1, 0.15) is 7.11 Å². The summed E-state index contributed by atoms with van der Waals surface area (Å²) in [6.07, 6.45) is 3.61. The molecule has 0 fully saturated rings. The van der Waals surface area contributed by atoms with E-state index >= 15 is 0 Å². The lowest BCUT2D eigenvalue weighted by atomic mass is 10.2. The molecule has 66 valence electrons. The summed E-state index contributed by atoms with van der Waals surface area (Å²) in [6.45, 7) is 0. The number of oxime groups is 1. The van der Waals surface area contributed by atoms with Gasteiger partial charge < -0.3 is 9.82 Å². The van der Waals surface area contributed by atoms with Crippen LogP contribution in [0.3, 0.4) is 0 Å². The molecule has 0 saturated heterocycles. The molecule has 2 rings (SSSR count). The summed E-state index contributed by atoms with van der Waals surface area (Å²) in [4.78, 5) is 7.73. The van der Waals surface area contributed by atoms with E-state index in [4.69, 9.17) is 0 Å². The quantitative estimate of drug-likeness (QED) is 0.549. The van der Waals surface area contributed by atoms with Crippen molar-refractivity contribution in [2.75, 3.05) is 7.11 Å². The van der Waals surface area contributed by atoms with Gasteiger partial charge in [0.2, 0.25) is 0 Å². The Morgan fingerprint density at radius 3 is 3.15 bits per heavy atom. The highest BCUT2D eigenvalue weighted by atomic mass is 16.6. The third-order valence-corrected chi connectivity index (χ3v) is 1.88. The fourth-order valence-corrected chi connectivity index (χ4v) is 1.27. The number of aromatic amines is 1. The Morgan fingerprint density at radius 1 is 1.38 bits per heavy atom. The van der Waals surface area contributed by atoms with E-state index in [1.165, 1.54) is 12.5 Å². The number of fused-ring (bicyclic) bond motifs is 1. The lowest BCUT2D eigenvalue weighted by Gasteiger charge is -1.92. The summed E-state index contributed by atoms with van der Waals surface area (Å²) in [5.74, 6) is 0. The highest BCUT2D eigenvalue weighted by molar-refractivity contribution is 5.88. The summed E-state index contributed by atoms with van der Waals surface area (Å²) in [7, 11) is 1.53. The van der Waals surface area contributed by atoms with E-state index in [0.717, 1.165) is 11.1 Å². The molecule has 3 nitrogen and oxygen atoms in total. The average Bonchev–Trinajstić information content (AvgIpc) is 2.61. The Balaban J connectivity index is 2.42. The molecule has 2 aromatic rings. The molecule has 0 atom stereocenters. The molecular formula is C10H10N2O. The fourth-order valence-electron chi connectivity index (χ4n) is 1.27.